The van der Waals surface area contributed by atoms with Crippen LogP contribution in [0.1, 0.15) is 33.5 Å². The molecule has 144 valence electrons. The number of hydrogen-bond donors (Lipinski definition) is 1. The van der Waals surface area contributed by atoms with Crippen molar-refractivity contribution in [1.82, 2.24) is 9.88 Å². The molecule has 4 rings (SSSR count). The molecular formula is C24H27N3O. The van der Waals surface area contributed by atoms with E-state index in [1.54, 1.807) is 0 Å². The van der Waals surface area contributed by atoms with E-state index in [1.807, 2.05) is 37.2 Å². The molecule has 0 bridgehead atoms. The van der Waals surface area contributed by atoms with Crippen molar-refractivity contribution in [3.05, 3.63) is 70.9 Å². The van der Waals surface area contributed by atoms with Gasteiger partial charge in [0.2, 0.25) is 0 Å². The molecule has 0 spiro atoms. The average Bonchev–Trinajstić information content (AvgIpc) is 3.12. The summed E-state index contributed by atoms with van der Waals surface area (Å²) in [6.45, 7) is 5.58. The molecule has 4 heteroatoms. The predicted octanol–water partition coefficient (Wildman–Crippen LogP) is 4.78. The summed E-state index contributed by atoms with van der Waals surface area (Å²) in [6, 6.07) is 12.4. The highest BCUT2D eigenvalue weighted by atomic mass is 16.2. The number of hydrogen-bond acceptors (Lipinski definition) is 2. The van der Waals surface area contributed by atoms with Crippen LogP contribution in [0.2, 0.25) is 0 Å². The third kappa shape index (κ3) is 3.19. The van der Waals surface area contributed by atoms with E-state index >= 15 is 0 Å². The number of H-pyrrole nitrogens is 1. The largest absolute Gasteiger partial charge is 0.377 e. The van der Waals surface area contributed by atoms with Crippen LogP contribution in [-0.2, 0) is 0 Å². The van der Waals surface area contributed by atoms with Crippen LogP contribution in [-0.4, -0.2) is 43.0 Å². The fraction of sp³-hybridized carbons (Fsp3) is 0.292. The van der Waals surface area contributed by atoms with Crippen LogP contribution < -0.4 is 4.90 Å². The third-order valence-electron chi connectivity index (χ3n) is 5.69. The second-order valence-electron chi connectivity index (χ2n) is 7.83. The molecule has 0 saturated heterocycles. The van der Waals surface area contributed by atoms with Gasteiger partial charge in [-0.15, -0.1) is 0 Å². The minimum Gasteiger partial charge on any atom is -0.377 e. The van der Waals surface area contributed by atoms with Gasteiger partial charge in [0.1, 0.15) is 0 Å². The smallest absolute Gasteiger partial charge is 0.254 e. The molecule has 0 atom stereocenters. The highest BCUT2D eigenvalue weighted by molar-refractivity contribution is 5.97. The number of nitrogens with one attached hydrogen (secondary N) is 1. The van der Waals surface area contributed by atoms with Gasteiger partial charge in [-0.3, -0.25) is 4.79 Å². The molecule has 1 amide bonds. The van der Waals surface area contributed by atoms with Crippen molar-refractivity contribution in [3.8, 4) is 0 Å². The summed E-state index contributed by atoms with van der Waals surface area (Å²) in [5.41, 5.74) is 8.08. The molecule has 3 aromatic rings. The van der Waals surface area contributed by atoms with Gasteiger partial charge >= 0.3 is 0 Å². The lowest BCUT2D eigenvalue weighted by Gasteiger charge is -2.27. The topological polar surface area (TPSA) is 39.3 Å². The van der Waals surface area contributed by atoms with Crippen LogP contribution in [0, 0.1) is 13.8 Å². The molecule has 1 aliphatic rings. The lowest BCUT2D eigenvalue weighted by molar-refractivity contribution is 0.0773. The number of aryl methyl sites for hydroxylation is 2. The highest BCUT2D eigenvalue weighted by Crippen LogP contribution is 2.31. The fourth-order valence-corrected chi connectivity index (χ4v) is 4.14. The van der Waals surface area contributed by atoms with Gasteiger partial charge in [-0.25, -0.2) is 0 Å². The molecule has 0 fully saturated rings. The molecule has 1 aliphatic heterocycles. The van der Waals surface area contributed by atoms with Crippen LogP contribution in [0.25, 0.3) is 16.5 Å². The Bertz CT molecular complexity index is 1070. The van der Waals surface area contributed by atoms with Crippen molar-refractivity contribution >= 4 is 28.1 Å². The van der Waals surface area contributed by atoms with E-state index in [4.69, 9.17) is 0 Å². The van der Waals surface area contributed by atoms with Crippen LogP contribution >= 0.6 is 0 Å². The zero-order valence-corrected chi connectivity index (χ0v) is 17.0. The lowest BCUT2D eigenvalue weighted by atomic mass is 9.97. The number of rotatable bonds is 3. The molecule has 1 aromatic heterocycles. The van der Waals surface area contributed by atoms with Crippen molar-refractivity contribution in [3.63, 3.8) is 0 Å². The molecule has 1 N–H and O–H groups in total. The summed E-state index contributed by atoms with van der Waals surface area (Å²) in [5, 5.41) is 1.26. The number of amides is 1. The summed E-state index contributed by atoms with van der Waals surface area (Å²) < 4.78 is 0. The number of anilines is 1. The normalized spacial score (nSPS) is 14.3. The lowest BCUT2D eigenvalue weighted by Crippen LogP contribution is -2.34. The molecule has 4 nitrogen and oxygen atoms in total. The number of carbonyl (C=O) groups is 1. The molecule has 0 aliphatic carbocycles. The maximum atomic E-state index is 13.0. The van der Waals surface area contributed by atoms with E-state index in [0.29, 0.717) is 6.54 Å². The summed E-state index contributed by atoms with van der Waals surface area (Å²) in [6.07, 6.45) is 5.18. The number of nitrogens with zero attached hydrogens (tertiary/aromatic N) is 2. The summed E-state index contributed by atoms with van der Waals surface area (Å²) in [7, 11) is 4.04. The van der Waals surface area contributed by atoms with Gasteiger partial charge in [-0.05, 0) is 55.2 Å². The van der Waals surface area contributed by atoms with Crippen molar-refractivity contribution in [2.45, 2.75) is 20.3 Å². The van der Waals surface area contributed by atoms with Crippen LogP contribution in [0.15, 0.2) is 48.7 Å². The Morgan fingerprint density at radius 2 is 1.93 bits per heavy atom. The van der Waals surface area contributed by atoms with E-state index < -0.39 is 0 Å². The quantitative estimate of drug-likeness (QED) is 0.718. The monoisotopic (exact) mass is 373 g/mol. The zero-order chi connectivity index (χ0) is 19.8. The van der Waals surface area contributed by atoms with Gasteiger partial charge in [0, 0.05) is 61.1 Å². The van der Waals surface area contributed by atoms with E-state index in [9.17, 15) is 4.79 Å². The molecule has 2 heterocycles. The Hall–Kier alpha value is -3.01. The maximum absolute atomic E-state index is 13.0. The fourth-order valence-electron chi connectivity index (χ4n) is 4.14. The van der Waals surface area contributed by atoms with Crippen molar-refractivity contribution in [2.24, 2.45) is 0 Å². The van der Waals surface area contributed by atoms with Gasteiger partial charge in [-0.2, -0.15) is 0 Å². The Kier molecular flexibility index (Phi) is 4.71. The molecule has 2 aromatic carbocycles. The minimum atomic E-state index is 0.110. The summed E-state index contributed by atoms with van der Waals surface area (Å²) >= 11 is 0. The second-order valence-corrected chi connectivity index (χ2v) is 7.83. The van der Waals surface area contributed by atoms with Gasteiger partial charge in [0.05, 0.1) is 0 Å². The number of fused-ring (bicyclic) bond motifs is 1. The summed E-state index contributed by atoms with van der Waals surface area (Å²) in [5.74, 6) is 0.110. The van der Waals surface area contributed by atoms with Crippen LogP contribution in [0.5, 0.6) is 0 Å². The zero-order valence-electron chi connectivity index (χ0n) is 17.0. The minimum absolute atomic E-state index is 0.110. The van der Waals surface area contributed by atoms with E-state index in [2.05, 4.69) is 54.2 Å². The number of aromatic nitrogens is 1. The summed E-state index contributed by atoms with van der Waals surface area (Å²) in [4.78, 5) is 20.4. The van der Waals surface area contributed by atoms with Gasteiger partial charge in [-0.1, -0.05) is 24.3 Å². The van der Waals surface area contributed by atoms with E-state index in [-0.39, 0.29) is 5.91 Å². The molecule has 0 radical (unpaired) electrons. The second kappa shape index (κ2) is 7.19. The van der Waals surface area contributed by atoms with E-state index in [1.165, 1.54) is 27.6 Å². The molecular weight excluding hydrogens is 346 g/mol. The molecule has 0 saturated carbocycles. The molecule has 28 heavy (non-hydrogen) atoms. The van der Waals surface area contributed by atoms with Crippen molar-refractivity contribution in [1.29, 1.82) is 0 Å². The highest BCUT2D eigenvalue weighted by Gasteiger charge is 2.21. The van der Waals surface area contributed by atoms with Crippen molar-refractivity contribution in [2.75, 3.05) is 32.1 Å². The molecule has 0 unspecified atom stereocenters. The first kappa shape index (κ1) is 18.4. The number of benzene rings is 2. The van der Waals surface area contributed by atoms with Gasteiger partial charge in [0.25, 0.3) is 5.91 Å². The van der Waals surface area contributed by atoms with Crippen molar-refractivity contribution < 1.29 is 4.79 Å². The number of carbonyl (C=O) groups excluding carboxylic acids is 1. The Labute approximate surface area is 166 Å². The predicted molar refractivity (Wildman–Crippen MR) is 117 cm³/mol. The maximum Gasteiger partial charge on any atom is 0.254 e. The van der Waals surface area contributed by atoms with Gasteiger partial charge in [0.15, 0.2) is 0 Å². The Balaban J connectivity index is 1.54. The van der Waals surface area contributed by atoms with E-state index in [0.717, 1.165) is 29.8 Å². The third-order valence-corrected chi connectivity index (χ3v) is 5.69. The van der Waals surface area contributed by atoms with Crippen LogP contribution in [0.3, 0.4) is 0 Å². The van der Waals surface area contributed by atoms with Gasteiger partial charge < -0.3 is 14.8 Å². The first-order valence-electron chi connectivity index (χ1n) is 9.79. The Morgan fingerprint density at radius 1 is 1.11 bits per heavy atom. The van der Waals surface area contributed by atoms with Crippen LogP contribution in [0.4, 0.5) is 5.69 Å². The Morgan fingerprint density at radius 3 is 2.61 bits per heavy atom. The standard InChI is InChI=1S/C24H27N3O/c1-16-6-5-7-20-21(15-25-23(16)20)18-10-12-27(13-11-18)24(28)19-8-9-22(26(3)4)17(2)14-19/h5-10,14-15,25H,11-13H2,1-4H3. The number of aromatic amines is 1. The first-order chi connectivity index (χ1) is 13.5. The number of para-hydroxylation sites is 1. The average molecular weight is 374 g/mol. The SMILES string of the molecule is Cc1cc(C(=O)N2CC=C(c3c[nH]c4c(C)cccc34)CC2)ccc1N(C)C. The first-order valence-corrected chi connectivity index (χ1v) is 9.79.